The summed E-state index contributed by atoms with van der Waals surface area (Å²) in [7, 11) is 1.30. The molecule has 0 spiro atoms. The Bertz CT molecular complexity index is 198. The Morgan fingerprint density at radius 2 is 1.69 bits per heavy atom. The molecule has 0 aromatic carbocycles. The van der Waals surface area contributed by atoms with Crippen molar-refractivity contribution in [2.45, 2.75) is 20.8 Å². The molecule has 0 saturated carbocycles. The Morgan fingerprint density at radius 3 is 2.08 bits per heavy atom. The number of hydrogen-bond donors (Lipinski definition) is 3. The molecule has 0 heterocycles. The van der Waals surface area contributed by atoms with Gasteiger partial charge in [0.2, 0.25) is 5.91 Å². The maximum atomic E-state index is 11.2. The molecule has 0 aromatic rings. The summed E-state index contributed by atoms with van der Waals surface area (Å²) >= 11 is 0. The van der Waals surface area contributed by atoms with Crippen molar-refractivity contribution >= 4 is 11.9 Å². The number of hydrogen-bond acceptors (Lipinski definition) is 3. The highest BCUT2D eigenvalue weighted by atomic mass is 16.6. The third-order valence-corrected chi connectivity index (χ3v) is 1.17. The van der Waals surface area contributed by atoms with Crippen LogP contribution in [0.15, 0.2) is 0 Å². The molecule has 0 aliphatic heterocycles. The molecule has 3 N–H and O–H groups in total. The van der Waals surface area contributed by atoms with Crippen LogP contribution in [0.2, 0.25) is 0 Å². The van der Waals surface area contributed by atoms with Crippen LogP contribution < -0.4 is 16.3 Å². The van der Waals surface area contributed by atoms with E-state index < -0.39 is 11.4 Å². The molecule has 0 aliphatic carbocycles. The smallest absolute Gasteiger partial charge is 0.275 e. The molecule has 0 atom stereocenters. The summed E-state index contributed by atoms with van der Waals surface area (Å²) in [6.45, 7) is 5.20. The fraction of sp³-hybridized carbons (Fsp3) is 0.714. The van der Waals surface area contributed by atoms with E-state index in [9.17, 15) is 9.59 Å². The molecular formula is C7H15N3O3. The van der Waals surface area contributed by atoms with Crippen LogP contribution in [-0.2, 0) is 9.63 Å². The quantitative estimate of drug-likeness (QED) is 0.505. The zero-order valence-corrected chi connectivity index (χ0v) is 8.22. The highest BCUT2D eigenvalue weighted by Gasteiger charge is 2.21. The standard InChI is InChI=1S/C7H15N3O3/c1-7(2,3)5(11)8-9-6(12)10-13-4/h1-4H3,(H,8,11)(H2,9,10,12). The SMILES string of the molecule is CONC(=O)NNC(=O)C(C)(C)C. The molecular weight excluding hydrogens is 174 g/mol. The van der Waals surface area contributed by atoms with E-state index in [1.54, 1.807) is 20.8 Å². The topological polar surface area (TPSA) is 79.5 Å². The van der Waals surface area contributed by atoms with Crippen LogP contribution in [0.5, 0.6) is 0 Å². The first-order valence-electron chi connectivity index (χ1n) is 3.77. The van der Waals surface area contributed by atoms with Crippen LogP contribution in [0.3, 0.4) is 0 Å². The second-order valence-corrected chi connectivity index (χ2v) is 3.46. The number of nitrogens with one attached hydrogen (secondary N) is 3. The number of carbonyl (C=O) groups is 2. The van der Waals surface area contributed by atoms with E-state index in [4.69, 9.17) is 0 Å². The van der Waals surface area contributed by atoms with Gasteiger partial charge in [0.25, 0.3) is 0 Å². The molecule has 0 rings (SSSR count). The number of hydroxylamine groups is 1. The van der Waals surface area contributed by atoms with Gasteiger partial charge in [-0.05, 0) is 0 Å². The predicted molar refractivity (Wildman–Crippen MR) is 46.3 cm³/mol. The van der Waals surface area contributed by atoms with Gasteiger partial charge in [0.05, 0.1) is 7.11 Å². The molecule has 0 radical (unpaired) electrons. The van der Waals surface area contributed by atoms with E-state index in [2.05, 4.69) is 15.7 Å². The predicted octanol–water partition coefficient (Wildman–Crippen LogP) is -0.0757. The Balaban J connectivity index is 3.77. The highest BCUT2D eigenvalue weighted by Crippen LogP contribution is 2.11. The molecule has 0 aromatic heterocycles. The summed E-state index contributed by atoms with van der Waals surface area (Å²) < 4.78 is 0. The van der Waals surface area contributed by atoms with Crippen LogP contribution >= 0.6 is 0 Å². The molecule has 13 heavy (non-hydrogen) atoms. The van der Waals surface area contributed by atoms with Gasteiger partial charge in [0.1, 0.15) is 0 Å². The maximum Gasteiger partial charge on any atom is 0.357 e. The fourth-order valence-electron chi connectivity index (χ4n) is 0.419. The molecule has 0 bridgehead atoms. The van der Waals surface area contributed by atoms with Crippen LogP contribution in [0.25, 0.3) is 0 Å². The van der Waals surface area contributed by atoms with E-state index in [0.717, 1.165) is 0 Å². The summed E-state index contributed by atoms with van der Waals surface area (Å²) in [6, 6.07) is -0.625. The summed E-state index contributed by atoms with van der Waals surface area (Å²) in [4.78, 5) is 26.2. The Labute approximate surface area is 76.9 Å². The number of urea groups is 1. The van der Waals surface area contributed by atoms with Crippen molar-refractivity contribution in [1.29, 1.82) is 0 Å². The zero-order valence-electron chi connectivity index (χ0n) is 8.22. The lowest BCUT2D eigenvalue weighted by molar-refractivity contribution is -0.129. The third kappa shape index (κ3) is 5.02. The molecule has 0 unspecified atom stereocenters. The average molecular weight is 189 g/mol. The highest BCUT2D eigenvalue weighted by molar-refractivity contribution is 5.84. The first kappa shape index (κ1) is 11.7. The van der Waals surface area contributed by atoms with Crippen molar-refractivity contribution in [3.05, 3.63) is 0 Å². The van der Waals surface area contributed by atoms with Gasteiger partial charge in [-0.3, -0.25) is 15.1 Å². The van der Waals surface area contributed by atoms with Crippen LogP contribution in [0.4, 0.5) is 4.79 Å². The minimum absolute atomic E-state index is 0.279. The van der Waals surface area contributed by atoms with E-state index in [0.29, 0.717) is 0 Å². The second-order valence-electron chi connectivity index (χ2n) is 3.46. The minimum Gasteiger partial charge on any atom is -0.275 e. The first-order chi connectivity index (χ1) is 5.88. The lowest BCUT2D eigenvalue weighted by Gasteiger charge is -2.17. The average Bonchev–Trinajstić information content (AvgIpc) is 1.99. The van der Waals surface area contributed by atoms with Crippen molar-refractivity contribution in [1.82, 2.24) is 16.3 Å². The van der Waals surface area contributed by atoms with Gasteiger partial charge in [-0.1, -0.05) is 20.8 Å². The summed E-state index contributed by atoms with van der Waals surface area (Å²) in [5.74, 6) is -0.279. The Hall–Kier alpha value is -1.30. The largest absolute Gasteiger partial charge is 0.357 e. The van der Waals surface area contributed by atoms with E-state index in [1.165, 1.54) is 7.11 Å². The van der Waals surface area contributed by atoms with Crippen LogP contribution in [-0.4, -0.2) is 19.0 Å². The molecule has 76 valence electrons. The van der Waals surface area contributed by atoms with Gasteiger partial charge in [-0.25, -0.2) is 15.7 Å². The Kier molecular flexibility index (Phi) is 4.19. The molecule has 0 fully saturated rings. The number of amides is 3. The molecule has 0 aliphatic rings. The van der Waals surface area contributed by atoms with Crippen LogP contribution in [0, 0.1) is 5.41 Å². The molecule has 6 heteroatoms. The third-order valence-electron chi connectivity index (χ3n) is 1.17. The van der Waals surface area contributed by atoms with Gasteiger partial charge in [0.15, 0.2) is 0 Å². The van der Waals surface area contributed by atoms with Crippen molar-refractivity contribution in [3.8, 4) is 0 Å². The van der Waals surface area contributed by atoms with E-state index in [-0.39, 0.29) is 5.91 Å². The molecule has 6 nitrogen and oxygen atoms in total. The van der Waals surface area contributed by atoms with Gasteiger partial charge >= 0.3 is 6.03 Å². The first-order valence-corrected chi connectivity index (χ1v) is 3.77. The molecule has 3 amide bonds. The minimum atomic E-state index is -0.625. The summed E-state index contributed by atoms with van der Waals surface area (Å²) in [6.07, 6.45) is 0. The van der Waals surface area contributed by atoms with Gasteiger partial charge in [-0.2, -0.15) is 0 Å². The van der Waals surface area contributed by atoms with Gasteiger partial charge in [0, 0.05) is 5.41 Å². The lowest BCUT2D eigenvalue weighted by atomic mass is 9.96. The summed E-state index contributed by atoms with van der Waals surface area (Å²) in [5, 5.41) is 0. The zero-order chi connectivity index (χ0) is 10.5. The van der Waals surface area contributed by atoms with E-state index >= 15 is 0 Å². The second kappa shape index (κ2) is 4.66. The fourth-order valence-corrected chi connectivity index (χ4v) is 0.419. The van der Waals surface area contributed by atoms with Crippen molar-refractivity contribution in [3.63, 3.8) is 0 Å². The Morgan fingerprint density at radius 1 is 1.15 bits per heavy atom. The number of carbonyl (C=O) groups excluding carboxylic acids is 2. The van der Waals surface area contributed by atoms with Crippen molar-refractivity contribution in [2.75, 3.05) is 7.11 Å². The molecule has 0 saturated heterocycles. The summed E-state index contributed by atoms with van der Waals surface area (Å²) in [5.41, 5.74) is 5.79. The normalized spacial score (nSPS) is 10.5. The van der Waals surface area contributed by atoms with Crippen molar-refractivity contribution in [2.24, 2.45) is 5.41 Å². The maximum absolute atomic E-state index is 11.2. The van der Waals surface area contributed by atoms with Gasteiger partial charge < -0.3 is 0 Å². The van der Waals surface area contributed by atoms with Crippen LogP contribution in [0.1, 0.15) is 20.8 Å². The monoisotopic (exact) mass is 189 g/mol. The van der Waals surface area contributed by atoms with Gasteiger partial charge in [-0.15, -0.1) is 0 Å². The number of rotatable bonds is 1. The van der Waals surface area contributed by atoms with E-state index in [1.807, 2.05) is 5.48 Å². The number of hydrazine groups is 1. The lowest BCUT2D eigenvalue weighted by Crippen LogP contribution is -2.50. The van der Waals surface area contributed by atoms with Crippen molar-refractivity contribution < 1.29 is 14.4 Å².